The van der Waals surface area contributed by atoms with E-state index in [4.69, 9.17) is 4.74 Å². The molecule has 3 heteroatoms. The molecular weight excluding hydrogens is 193 g/mol. The third-order valence-corrected chi connectivity index (χ3v) is 2.46. The predicted molar refractivity (Wildman–Crippen MR) is 56.5 cm³/mol. The Balaban J connectivity index is 2.34. The first-order chi connectivity index (χ1) is 6.97. The first-order valence-corrected chi connectivity index (χ1v) is 5.29. The van der Waals surface area contributed by atoms with Gasteiger partial charge in [0, 0.05) is 17.8 Å². The normalized spacial score (nSPS) is 16.5. The van der Waals surface area contributed by atoms with Crippen LogP contribution >= 0.6 is 0 Å². The Kier molecular flexibility index (Phi) is 2.41. The van der Waals surface area contributed by atoms with E-state index in [0.29, 0.717) is 5.75 Å². The maximum Gasteiger partial charge on any atom is 0.216 e. The second-order valence-corrected chi connectivity index (χ2v) is 5.07. The number of halogens is 1. The van der Waals surface area contributed by atoms with Gasteiger partial charge in [-0.25, -0.2) is 4.98 Å². The summed E-state index contributed by atoms with van der Waals surface area (Å²) in [6.07, 6.45) is 4.02. The van der Waals surface area contributed by atoms with Crippen LogP contribution in [0.5, 0.6) is 5.75 Å². The molecule has 1 aliphatic carbocycles. The summed E-state index contributed by atoms with van der Waals surface area (Å²) in [4.78, 5) is 3.69. The highest BCUT2D eigenvalue weighted by Crippen LogP contribution is 2.35. The molecule has 0 aliphatic heterocycles. The molecule has 0 N–H and O–H groups in total. The van der Waals surface area contributed by atoms with E-state index < -0.39 is 5.95 Å². The van der Waals surface area contributed by atoms with Crippen LogP contribution in [0.1, 0.15) is 39.2 Å². The standard InChI is InChI=1S/C12H16FNO/c1-12(2,3)9-7-14-11(13)6-10(9)15-8-4-5-8/h6-8H,4-5H2,1-3H3. The first-order valence-electron chi connectivity index (χ1n) is 5.29. The fourth-order valence-electron chi connectivity index (χ4n) is 1.44. The number of rotatable bonds is 2. The zero-order valence-electron chi connectivity index (χ0n) is 9.38. The molecule has 2 rings (SSSR count). The van der Waals surface area contributed by atoms with Crippen LogP contribution in [0.2, 0.25) is 0 Å². The van der Waals surface area contributed by atoms with Crippen LogP contribution in [-0.4, -0.2) is 11.1 Å². The fourth-order valence-corrected chi connectivity index (χ4v) is 1.44. The summed E-state index contributed by atoms with van der Waals surface area (Å²) >= 11 is 0. The number of aromatic nitrogens is 1. The topological polar surface area (TPSA) is 22.1 Å². The van der Waals surface area contributed by atoms with Gasteiger partial charge in [0.2, 0.25) is 5.95 Å². The maximum absolute atomic E-state index is 13.0. The average Bonchev–Trinajstić information content (AvgIpc) is 2.85. The van der Waals surface area contributed by atoms with Gasteiger partial charge in [0.25, 0.3) is 0 Å². The molecule has 0 unspecified atom stereocenters. The van der Waals surface area contributed by atoms with Gasteiger partial charge in [-0.2, -0.15) is 4.39 Å². The Morgan fingerprint density at radius 2 is 2.07 bits per heavy atom. The molecule has 0 radical (unpaired) electrons. The van der Waals surface area contributed by atoms with E-state index in [2.05, 4.69) is 25.8 Å². The SMILES string of the molecule is CC(C)(C)c1cnc(F)cc1OC1CC1. The zero-order valence-corrected chi connectivity index (χ0v) is 9.38. The summed E-state index contributed by atoms with van der Waals surface area (Å²) < 4.78 is 18.7. The van der Waals surface area contributed by atoms with Crippen LogP contribution in [0.25, 0.3) is 0 Å². The van der Waals surface area contributed by atoms with Crippen LogP contribution in [-0.2, 0) is 5.41 Å². The minimum atomic E-state index is -0.473. The second kappa shape index (κ2) is 3.47. The van der Waals surface area contributed by atoms with Crippen molar-refractivity contribution in [2.75, 3.05) is 0 Å². The molecule has 1 aromatic heterocycles. The molecule has 1 aliphatic rings. The quantitative estimate of drug-likeness (QED) is 0.698. The van der Waals surface area contributed by atoms with E-state index >= 15 is 0 Å². The van der Waals surface area contributed by atoms with Gasteiger partial charge in [0.05, 0.1) is 6.10 Å². The number of pyridine rings is 1. The smallest absolute Gasteiger partial charge is 0.216 e. The molecule has 82 valence electrons. The Morgan fingerprint density at radius 1 is 1.40 bits per heavy atom. The lowest BCUT2D eigenvalue weighted by atomic mass is 9.87. The molecule has 0 aromatic carbocycles. The molecule has 0 amide bonds. The molecule has 1 heterocycles. The third kappa shape index (κ3) is 2.46. The summed E-state index contributed by atoms with van der Waals surface area (Å²) in [7, 11) is 0. The van der Waals surface area contributed by atoms with Crippen molar-refractivity contribution in [1.29, 1.82) is 0 Å². The Bertz CT molecular complexity index is 366. The lowest BCUT2D eigenvalue weighted by Gasteiger charge is -2.22. The Hall–Kier alpha value is -1.12. The number of hydrogen-bond donors (Lipinski definition) is 0. The van der Waals surface area contributed by atoms with Crippen molar-refractivity contribution in [3.8, 4) is 5.75 Å². The van der Waals surface area contributed by atoms with Gasteiger partial charge in [-0.1, -0.05) is 20.8 Å². The van der Waals surface area contributed by atoms with E-state index in [1.54, 1.807) is 6.20 Å². The van der Waals surface area contributed by atoms with E-state index in [1.807, 2.05) is 0 Å². The van der Waals surface area contributed by atoms with Crippen LogP contribution < -0.4 is 4.74 Å². The van der Waals surface area contributed by atoms with E-state index in [0.717, 1.165) is 18.4 Å². The molecule has 0 spiro atoms. The minimum Gasteiger partial charge on any atom is -0.490 e. The molecule has 0 bridgehead atoms. The average molecular weight is 209 g/mol. The van der Waals surface area contributed by atoms with Gasteiger partial charge in [0.1, 0.15) is 5.75 Å². The monoisotopic (exact) mass is 209 g/mol. The highest BCUT2D eigenvalue weighted by atomic mass is 19.1. The van der Waals surface area contributed by atoms with Gasteiger partial charge >= 0.3 is 0 Å². The van der Waals surface area contributed by atoms with Crippen molar-refractivity contribution in [3.05, 3.63) is 23.8 Å². The molecule has 1 fully saturated rings. The molecular formula is C12H16FNO. The van der Waals surface area contributed by atoms with Crippen LogP contribution in [0.4, 0.5) is 4.39 Å². The van der Waals surface area contributed by atoms with Gasteiger partial charge in [-0.05, 0) is 18.3 Å². The predicted octanol–water partition coefficient (Wildman–Crippen LogP) is 3.06. The highest BCUT2D eigenvalue weighted by molar-refractivity contribution is 5.36. The van der Waals surface area contributed by atoms with Crippen LogP contribution in [0.3, 0.4) is 0 Å². The molecule has 1 saturated carbocycles. The minimum absolute atomic E-state index is 0.0646. The van der Waals surface area contributed by atoms with Gasteiger partial charge < -0.3 is 4.74 Å². The van der Waals surface area contributed by atoms with E-state index in [-0.39, 0.29) is 11.5 Å². The Morgan fingerprint density at radius 3 is 2.60 bits per heavy atom. The van der Waals surface area contributed by atoms with Crippen LogP contribution in [0.15, 0.2) is 12.3 Å². The molecule has 2 nitrogen and oxygen atoms in total. The van der Waals surface area contributed by atoms with Gasteiger partial charge in [-0.3, -0.25) is 0 Å². The highest BCUT2D eigenvalue weighted by Gasteiger charge is 2.27. The maximum atomic E-state index is 13.0. The number of nitrogens with zero attached hydrogens (tertiary/aromatic N) is 1. The van der Waals surface area contributed by atoms with E-state index in [1.165, 1.54) is 6.07 Å². The van der Waals surface area contributed by atoms with Crippen molar-refractivity contribution in [1.82, 2.24) is 4.98 Å². The molecule has 15 heavy (non-hydrogen) atoms. The summed E-state index contributed by atoms with van der Waals surface area (Å²) in [6.45, 7) is 6.21. The molecule has 0 atom stereocenters. The first kappa shape index (κ1) is 10.4. The number of hydrogen-bond acceptors (Lipinski definition) is 2. The van der Waals surface area contributed by atoms with Crippen molar-refractivity contribution in [2.24, 2.45) is 0 Å². The van der Waals surface area contributed by atoms with Crippen molar-refractivity contribution in [3.63, 3.8) is 0 Å². The third-order valence-electron chi connectivity index (χ3n) is 2.46. The zero-order chi connectivity index (χ0) is 11.1. The van der Waals surface area contributed by atoms with Gasteiger partial charge in [-0.15, -0.1) is 0 Å². The van der Waals surface area contributed by atoms with Crippen molar-refractivity contribution in [2.45, 2.75) is 45.1 Å². The van der Waals surface area contributed by atoms with Gasteiger partial charge in [0.15, 0.2) is 0 Å². The summed E-state index contributed by atoms with van der Waals surface area (Å²) in [5.41, 5.74) is 0.904. The molecule has 0 saturated heterocycles. The fraction of sp³-hybridized carbons (Fsp3) is 0.583. The largest absolute Gasteiger partial charge is 0.490 e. The lowest BCUT2D eigenvalue weighted by molar-refractivity contribution is 0.292. The molecule has 1 aromatic rings. The Labute approximate surface area is 89.5 Å². The van der Waals surface area contributed by atoms with Crippen molar-refractivity contribution < 1.29 is 9.13 Å². The lowest BCUT2D eigenvalue weighted by Crippen LogP contribution is -2.15. The summed E-state index contributed by atoms with van der Waals surface area (Å²) in [6, 6.07) is 1.39. The van der Waals surface area contributed by atoms with Crippen molar-refractivity contribution >= 4 is 0 Å². The number of ether oxygens (including phenoxy) is 1. The second-order valence-electron chi connectivity index (χ2n) is 5.07. The summed E-state index contributed by atoms with van der Waals surface area (Å²) in [5.74, 6) is 0.177. The van der Waals surface area contributed by atoms with E-state index in [9.17, 15) is 4.39 Å². The summed E-state index contributed by atoms with van der Waals surface area (Å²) in [5, 5.41) is 0. The van der Waals surface area contributed by atoms with Crippen LogP contribution in [0, 0.1) is 5.95 Å².